The van der Waals surface area contributed by atoms with Crippen LogP contribution in [-0.2, 0) is 6.54 Å². The van der Waals surface area contributed by atoms with E-state index in [2.05, 4.69) is 33.2 Å². The Morgan fingerprint density at radius 3 is 2.89 bits per heavy atom. The highest BCUT2D eigenvalue weighted by atomic mass is 15.2. The predicted molar refractivity (Wildman–Crippen MR) is 74.6 cm³/mol. The van der Waals surface area contributed by atoms with E-state index in [4.69, 9.17) is 5.26 Å². The second kappa shape index (κ2) is 6.48. The summed E-state index contributed by atoms with van der Waals surface area (Å²) in [6.45, 7) is 6.46. The average molecular weight is 259 g/mol. The standard InChI is InChI=1S/C14H21N5/c1-3-16-13-9-11(2)17-14(18-13)10-19(8-4-7-15)12-5-6-12/h9,12H,3-6,8,10H2,1-2H3,(H,16,17,18). The summed E-state index contributed by atoms with van der Waals surface area (Å²) in [5.74, 6) is 1.74. The van der Waals surface area contributed by atoms with Crippen molar-refractivity contribution in [1.29, 1.82) is 5.26 Å². The first-order chi connectivity index (χ1) is 9.22. The first-order valence-electron chi connectivity index (χ1n) is 6.92. The number of aromatic nitrogens is 2. The Kier molecular flexibility index (Phi) is 4.69. The van der Waals surface area contributed by atoms with Crippen molar-refractivity contribution in [1.82, 2.24) is 14.9 Å². The highest BCUT2D eigenvalue weighted by molar-refractivity contribution is 5.35. The Balaban J connectivity index is 2.05. The summed E-state index contributed by atoms with van der Waals surface area (Å²) in [5.41, 5.74) is 0.983. The quantitative estimate of drug-likeness (QED) is 0.812. The summed E-state index contributed by atoms with van der Waals surface area (Å²) in [6, 6.07) is 4.80. The Bertz CT molecular complexity index is 461. The summed E-state index contributed by atoms with van der Waals surface area (Å²) in [5, 5.41) is 12.0. The molecule has 1 heterocycles. The SMILES string of the molecule is CCNc1cc(C)nc(CN(CCC#N)C2CC2)n1. The van der Waals surface area contributed by atoms with Gasteiger partial charge in [-0.1, -0.05) is 0 Å². The van der Waals surface area contributed by atoms with E-state index in [-0.39, 0.29) is 0 Å². The molecule has 0 aromatic carbocycles. The van der Waals surface area contributed by atoms with Crippen molar-refractivity contribution in [2.45, 2.75) is 45.7 Å². The molecule has 1 N–H and O–H groups in total. The first kappa shape index (κ1) is 13.8. The molecular weight excluding hydrogens is 238 g/mol. The molecule has 1 aliphatic carbocycles. The van der Waals surface area contributed by atoms with Crippen LogP contribution in [0, 0.1) is 18.3 Å². The van der Waals surface area contributed by atoms with Gasteiger partial charge < -0.3 is 5.32 Å². The van der Waals surface area contributed by atoms with Crippen LogP contribution >= 0.6 is 0 Å². The first-order valence-corrected chi connectivity index (χ1v) is 6.92. The van der Waals surface area contributed by atoms with Crippen molar-refractivity contribution in [3.8, 4) is 6.07 Å². The Morgan fingerprint density at radius 2 is 2.26 bits per heavy atom. The van der Waals surface area contributed by atoms with Gasteiger partial charge in [0.25, 0.3) is 0 Å². The fourth-order valence-electron chi connectivity index (χ4n) is 2.18. The Labute approximate surface area is 114 Å². The highest BCUT2D eigenvalue weighted by Crippen LogP contribution is 2.28. The van der Waals surface area contributed by atoms with E-state index < -0.39 is 0 Å². The number of hydrogen-bond acceptors (Lipinski definition) is 5. The van der Waals surface area contributed by atoms with E-state index in [1.165, 1.54) is 12.8 Å². The summed E-state index contributed by atoms with van der Waals surface area (Å²) in [7, 11) is 0. The van der Waals surface area contributed by atoms with Gasteiger partial charge in [-0.3, -0.25) is 4.90 Å². The fraction of sp³-hybridized carbons (Fsp3) is 0.643. The molecule has 1 aliphatic rings. The van der Waals surface area contributed by atoms with E-state index in [1.807, 2.05) is 13.0 Å². The molecule has 0 bridgehead atoms. The molecular formula is C14H21N5. The lowest BCUT2D eigenvalue weighted by Crippen LogP contribution is -2.27. The number of anilines is 1. The molecule has 1 saturated carbocycles. The van der Waals surface area contributed by atoms with Crippen LogP contribution in [0.25, 0.3) is 0 Å². The van der Waals surface area contributed by atoms with Crippen LogP contribution in [0.4, 0.5) is 5.82 Å². The van der Waals surface area contributed by atoms with E-state index in [0.29, 0.717) is 12.5 Å². The lowest BCUT2D eigenvalue weighted by atomic mass is 10.3. The molecule has 0 saturated heterocycles. The predicted octanol–water partition coefficient (Wildman–Crippen LogP) is 2.09. The minimum absolute atomic E-state index is 0.572. The van der Waals surface area contributed by atoms with Crippen LogP contribution in [0.3, 0.4) is 0 Å². The van der Waals surface area contributed by atoms with Gasteiger partial charge in [0, 0.05) is 37.3 Å². The molecule has 0 aliphatic heterocycles. The third-order valence-electron chi connectivity index (χ3n) is 3.18. The van der Waals surface area contributed by atoms with Crippen molar-refractivity contribution in [2.24, 2.45) is 0 Å². The summed E-state index contributed by atoms with van der Waals surface area (Å²) in [6.07, 6.45) is 3.04. The normalized spacial score (nSPS) is 14.4. The molecule has 5 heteroatoms. The third kappa shape index (κ3) is 4.18. The Hall–Kier alpha value is -1.67. The summed E-state index contributed by atoms with van der Waals surface area (Å²) >= 11 is 0. The number of aryl methyl sites for hydroxylation is 1. The van der Waals surface area contributed by atoms with Crippen molar-refractivity contribution in [3.05, 3.63) is 17.6 Å². The molecule has 2 rings (SSSR count). The molecule has 19 heavy (non-hydrogen) atoms. The lowest BCUT2D eigenvalue weighted by molar-refractivity contribution is 0.254. The second-order valence-corrected chi connectivity index (χ2v) is 4.95. The zero-order chi connectivity index (χ0) is 13.7. The molecule has 1 aromatic heterocycles. The summed E-state index contributed by atoms with van der Waals surface area (Å²) < 4.78 is 0. The van der Waals surface area contributed by atoms with Gasteiger partial charge in [-0.05, 0) is 26.7 Å². The van der Waals surface area contributed by atoms with E-state index in [1.54, 1.807) is 0 Å². The van der Waals surface area contributed by atoms with Gasteiger partial charge in [0.15, 0.2) is 0 Å². The van der Waals surface area contributed by atoms with Gasteiger partial charge >= 0.3 is 0 Å². The minimum Gasteiger partial charge on any atom is -0.370 e. The largest absolute Gasteiger partial charge is 0.370 e. The van der Waals surface area contributed by atoms with Crippen molar-refractivity contribution < 1.29 is 0 Å². The highest BCUT2D eigenvalue weighted by Gasteiger charge is 2.29. The van der Waals surface area contributed by atoms with Crippen LogP contribution in [0.2, 0.25) is 0 Å². The molecule has 102 valence electrons. The molecule has 0 radical (unpaired) electrons. The van der Waals surface area contributed by atoms with Crippen LogP contribution < -0.4 is 5.32 Å². The lowest BCUT2D eigenvalue weighted by Gasteiger charge is -2.20. The number of nitrogens with zero attached hydrogens (tertiary/aromatic N) is 4. The van der Waals surface area contributed by atoms with Gasteiger partial charge in [0.05, 0.1) is 12.6 Å². The number of nitrogens with one attached hydrogen (secondary N) is 1. The summed E-state index contributed by atoms with van der Waals surface area (Å²) in [4.78, 5) is 11.4. The molecule has 1 aromatic rings. The molecule has 0 spiro atoms. The zero-order valence-corrected chi connectivity index (χ0v) is 11.7. The van der Waals surface area contributed by atoms with Gasteiger partial charge in [0.1, 0.15) is 11.6 Å². The number of nitriles is 1. The van der Waals surface area contributed by atoms with E-state index >= 15 is 0 Å². The maximum Gasteiger partial charge on any atom is 0.144 e. The smallest absolute Gasteiger partial charge is 0.144 e. The monoisotopic (exact) mass is 259 g/mol. The van der Waals surface area contributed by atoms with Gasteiger partial charge in [-0.15, -0.1) is 0 Å². The molecule has 1 fully saturated rings. The van der Waals surface area contributed by atoms with E-state index in [9.17, 15) is 0 Å². The van der Waals surface area contributed by atoms with E-state index in [0.717, 1.165) is 37.0 Å². The zero-order valence-electron chi connectivity index (χ0n) is 11.7. The molecule has 0 atom stereocenters. The molecule has 0 amide bonds. The van der Waals surface area contributed by atoms with Crippen LogP contribution in [0.15, 0.2) is 6.07 Å². The number of rotatable bonds is 7. The van der Waals surface area contributed by atoms with Gasteiger partial charge in [0.2, 0.25) is 0 Å². The maximum absolute atomic E-state index is 8.72. The Morgan fingerprint density at radius 1 is 1.47 bits per heavy atom. The van der Waals surface area contributed by atoms with Crippen LogP contribution in [-0.4, -0.2) is 34.0 Å². The third-order valence-corrected chi connectivity index (χ3v) is 3.18. The van der Waals surface area contributed by atoms with Crippen LogP contribution in [0.1, 0.15) is 37.7 Å². The fourth-order valence-corrected chi connectivity index (χ4v) is 2.18. The van der Waals surface area contributed by atoms with Gasteiger partial charge in [-0.25, -0.2) is 9.97 Å². The maximum atomic E-state index is 8.72. The minimum atomic E-state index is 0.572. The van der Waals surface area contributed by atoms with Crippen LogP contribution in [0.5, 0.6) is 0 Å². The van der Waals surface area contributed by atoms with Gasteiger partial charge in [-0.2, -0.15) is 5.26 Å². The second-order valence-electron chi connectivity index (χ2n) is 4.95. The molecule has 0 unspecified atom stereocenters. The number of hydrogen-bond donors (Lipinski definition) is 1. The molecule has 5 nitrogen and oxygen atoms in total. The van der Waals surface area contributed by atoms with Crippen molar-refractivity contribution in [2.75, 3.05) is 18.4 Å². The van der Waals surface area contributed by atoms with Crippen molar-refractivity contribution >= 4 is 5.82 Å². The van der Waals surface area contributed by atoms with Crippen molar-refractivity contribution in [3.63, 3.8) is 0 Å². The average Bonchev–Trinajstić information content (AvgIpc) is 3.18. The topological polar surface area (TPSA) is 64.8 Å².